The zero-order valence-electron chi connectivity index (χ0n) is 10.2. The van der Waals surface area contributed by atoms with Crippen LogP contribution in [0.1, 0.15) is 52.4 Å². The molecule has 1 aliphatic heterocycles. The van der Waals surface area contributed by atoms with Crippen LogP contribution in [0, 0.1) is 11.8 Å². The number of hydrogen-bond acceptors (Lipinski definition) is 2. The SMILES string of the molecule is CC(C)CC1CCCC2(C1)NCCCS2. The summed E-state index contributed by atoms with van der Waals surface area (Å²) in [6.07, 6.45) is 8.55. The molecule has 2 aliphatic rings. The highest BCUT2D eigenvalue weighted by Crippen LogP contribution is 2.43. The second kappa shape index (κ2) is 5.09. The summed E-state index contributed by atoms with van der Waals surface area (Å²) >= 11 is 2.21. The molecular weight excluding hydrogens is 202 g/mol. The molecule has 1 N–H and O–H groups in total. The lowest BCUT2D eigenvalue weighted by molar-refractivity contribution is 0.228. The Morgan fingerprint density at radius 3 is 2.93 bits per heavy atom. The summed E-state index contributed by atoms with van der Waals surface area (Å²) < 4.78 is 0. The van der Waals surface area contributed by atoms with Gasteiger partial charge in [0.2, 0.25) is 0 Å². The molecule has 2 fully saturated rings. The highest BCUT2D eigenvalue weighted by molar-refractivity contribution is 8.00. The van der Waals surface area contributed by atoms with Crippen molar-refractivity contribution in [2.24, 2.45) is 11.8 Å². The van der Waals surface area contributed by atoms with Gasteiger partial charge in [-0.25, -0.2) is 0 Å². The van der Waals surface area contributed by atoms with Gasteiger partial charge in [-0.2, -0.15) is 0 Å². The third-order valence-electron chi connectivity index (χ3n) is 3.76. The highest BCUT2D eigenvalue weighted by atomic mass is 32.2. The van der Waals surface area contributed by atoms with Crippen LogP contribution in [-0.4, -0.2) is 17.2 Å². The summed E-state index contributed by atoms with van der Waals surface area (Å²) in [6, 6.07) is 0. The average Bonchev–Trinajstić information content (AvgIpc) is 2.17. The molecule has 88 valence electrons. The fourth-order valence-electron chi connectivity index (χ4n) is 3.21. The lowest BCUT2D eigenvalue weighted by atomic mass is 9.80. The highest BCUT2D eigenvalue weighted by Gasteiger charge is 2.37. The second-order valence-corrected chi connectivity index (χ2v) is 7.19. The van der Waals surface area contributed by atoms with Crippen LogP contribution in [0.3, 0.4) is 0 Å². The number of rotatable bonds is 2. The zero-order chi connectivity index (χ0) is 10.7. The van der Waals surface area contributed by atoms with Crippen molar-refractivity contribution in [3.05, 3.63) is 0 Å². The van der Waals surface area contributed by atoms with Gasteiger partial charge in [-0.1, -0.05) is 26.7 Å². The van der Waals surface area contributed by atoms with Crippen LogP contribution in [0.4, 0.5) is 0 Å². The predicted octanol–water partition coefficient (Wildman–Crippen LogP) is 3.65. The lowest BCUT2D eigenvalue weighted by Crippen LogP contribution is -2.49. The molecule has 1 aliphatic carbocycles. The normalized spacial score (nSPS) is 37.4. The molecule has 2 atom stereocenters. The third-order valence-corrected chi connectivity index (χ3v) is 5.32. The van der Waals surface area contributed by atoms with Gasteiger partial charge in [0.25, 0.3) is 0 Å². The molecule has 2 rings (SSSR count). The minimum Gasteiger partial charge on any atom is -0.303 e. The molecule has 1 spiro atoms. The Balaban J connectivity index is 1.90. The molecule has 2 heteroatoms. The van der Waals surface area contributed by atoms with E-state index in [2.05, 4.69) is 30.9 Å². The van der Waals surface area contributed by atoms with Crippen molar-refractivity contribution in [1.29, 1.82) is 0 Å². The molecule has 1 heterocycles. The minimum atomic E-state index is 0.482. The van der Waals surface area contributed by atoms with Crippen LogP contribution in [0.25, 0.3) is 0 Å². The molecular formula is C13H25NS. The molecule has 0 aromatic carbocycles. The monoisotopic (exact) mass is 227 g/mol. The molecule has 0 aromatic heterocycles. The summed E-state index contributed by atoms with van der Waals surface area (Å²) in [7, 11) is 0. The average molecular weight is 227 g/mol. The van der Waals surface area contributed by atoms with Crippen molar-refractivity contribution in [3.8, 4) is 0 Å². The molecule has 1 saturated heterocycles. The van der Waals surface area contributed by atoms with Gasteiger partial charge in [0.1, 0.15) is 0 Å². The van der Waals surface area contributed by atoms with Crippen LogP contribution in [0.15, 0.2) is 0 Å². The number of hydrogen-bond donors (Lipinski definition) is 1. The van der Waals surface area contributed by atoms with Crippen molar-refractivity contribution < 1.29 is 0 Å². The summed E-state index contributed by atoms with van der Waals surface area (Å²) in [5, 5.41) is 3.80. The minimum absolute atomic E-state index is 0.482. The fraction of sp³-hybridized carbons (Fsp3) is 1.00. The maximum Gasteiger partial charge on any atom is 0.0647 e. The molecule has 1 nitrogen and oxygen atoms in total. The zero-order valence-corrected chi connectivity index (χ0v) is 11.0. The Labute approximate surface area is 98.8 Å². The van der Waals surface area contributed by atoms with Gasteiger partial charge in [0.05, 0.1) is 4.87 Å². The molecule has 0 radical (unpaired) electrons. The Morgan fingerprint density at radius 2 is 2.27 bits per heavy atom. The largest absolute Gasteiger partial charge is 0.303 e. The smallest absolute Gasteiger partial charge is 0.0647 e. The van der Waals surface area contributed by atoms with Gasteiger partial charge in [-0.05, 0) is 49.8 Å². The van der Waals surface area contributed by atoms with Gasteiger partial charge in [0.15, 0.2) is 0 Å². The van der Waals surface area contributed by atoms with Crippen molar-refractivity contribution >= 4 is 11.8 Å². The van der Waals surface area contributed by atoms with Crippen LogP contribution in [-0.2, 0) is 0 Å². The first-order chi connectivity index (χ1) is 7.20. The van der Waals surface area contributed by atoms with E-state index < -0.39 is 0 Å². The van der Waals surface area contributed by atoms with Crippen molar-refractivity contribution in [1.82, 2.24) is 5.32 Å². The predicted molar refractivity (Wildman–Crippen MR) is 69.2 cm³/mol. The van der Waals surface area contributed by atoms with Crippen LogP contribution in [0.5, 0.6) is 0 Å². The van der Waals surface area contributed by atoms with E-state index in [1.807, 2.05) is 0 Å². The van der Waals surface area contributed by atoms with Crippen LogP contribution >= 0.6 is 11.8 Å². The summed E-state index contributed by atoms with van der Waals surface area (Å²) in [4.78, 5) is 0.482. The van der Waals surface area contributed by atoms with E-state index in [1.54, 1.807) is 0 Å². The van der Waals surface area contributed by atoms with Gasteiger partial charge in [0, 0.05) is 0 Å². The maximum atomic E-state index is 3.80. The van der Waals surface area contributed by atoms with E-state index in [1.165, 1.54) is 50.8 Å². The molecule has 15 heavy (non-hydrogen) atoms. The number of nitrogens with one attached hydrogen (secondary N) is 1. The molecule has 0 bridgehead atoms. The molecule has 0 amide bonds. The molecule has 1 saturated carbocycles. The quantitative estimate of drug-likeness (QED) is 0.773. The Morgan fingerprint density at radius 1 is 1.40 bits per heavy atom. The standard InChI is InChI=1S/C13H25NS/c1-11(2)9-12-5-3-6-13(10-12)14-7-4-8-15-13/h11-12,14H,3-10H2,1-2H3. The molecule has 0 aromatic rings. The third kappa shape index (κ3) is 3.13. The lowest BCUT2D eigenvalue weighted by Gasteiger charge is -2.44. The molecule has 2 unspecified atom stereocenters. The van der Waals surface area contributed by atoms with E-state index in [4.69, 9.17) is 0 Å². The number of thioether (sulfide) groups is 1. The Bertz CT molecular complexity index is 191. The van der Waals surface area contributed by atoms with Gasteiger partial charge < -0.3 is 5.32 Å². The fourth-order valence-corrected chi connectivity index (χ4v) is 4.74. The maximum absolute atomic E-state index is 3.80. The van der Waals surface area contributed by atoms with E-state index in [0.29, 0.717) is 4.87 Å². The van der Waals surface area contributed by atoms with Gasteiger partial charge in [-0.15, -0.1) is 11.8 Å². The van der Waals surface area contributed by atoms with Crippen molar-refractivity contribution in [3.63, 3.8) is 0 Å². The summed E-state index contributed by atoms with van der Waals surface area (Å²) in [5.41, 5.74) is 0. The Hall–Kier alpha value is 0.310. The second-order valence-electron chi connectivity index (χ2n) is 5.72. The van der Waals surface area contributed by atoms with Gasteiger partial charge >= 0.3 is 0 Å². The first-order valence-electron chi connectivity index (χ1n) is 6.59. The van der Waals surface area contributed by atoms with Crippen molar-refractivity contribution in [2.75, 3.05) is 12.3 Å². The first kappa shape index (κ1) is 11.8. The topological polar surface area (TPSA) is 12.0 Å². The van der Waals surface area contributed by atoms with Crippen molar-refractivity contribution in [2.45, 2.75) is 57.2 Å². The first-order valence-corrected chi connectivity index (χ1v) is 7.58. The summed E-state index contributed by atoms with van der Waals surface area (Å²) in [5.74, 6) is 3.23. The van der Waals surface area contributed by atoms with E-state index in [0.717, 1.165) is 11.8 Å². The van der Waals surface area contributed by atoms with E-state index in [9.17, 15) is 0 Å². The van der Waals surface area contributed by atoms with Crippen LogP contribution in [0.2, 0.25) is 0 Å². The van der Waals surface area contributed by atoms with E-state index in [-0.39, 0.29) is 0 Å². The van der Waals surface area contributed by atoms with E-state index >= 15 is 0 Å². The summed E-state index contributed by atoms with van der Waals surface area (Å²) in [6.45, 7) is 5.98. The Kier molecular flexibility index (Phi) is 4.00. The van der Waals surface area contributed by atoms with Gasteiger partial charge in [-0.3, -0.25) is 0 Å². The van der Waals surface area contributed by atoms with Crippen LogP contribution < -0.4 is 5.32 Å².